The molecule has 0 amide bonds. The molecule has 0 heterocycles. The Morgan fingerprint density at radius 2 is 2.11 bits per heavy atom. The number of carbonyl (C=O) groups is 2. The van der Waals surface area contributed by atoms with Crippen molar-refractivity contribution in [2.75, 3.05) is 0 Å². The van der Waals surface area contributed by atoms with Crippen molar-refractivity contribution in [3.8, 4) is 0 Å². The maximum Gasteiger partial charge on any atom is 0.155 e. The van der Waals surface area contributed by atoms with Crippen LogP contribution in [0.4, 0.5) is 0 Å². The van der Waals surface area contributed by atoms with E-state index in [2.05, 4.69) is 24.3 Å². The fraction of sp³-hybridized carbons (Fsp3) is 0.294. The first-order chi connectivity index (χ1) is 9.26. The van der Waals surface area contributed by atoms with E-state index in [1.807, 2.05) is 18.2 Å². The number of rotatable bonds is 2. The van der Waals surface area contributed by atoms with Crippen LogP contribution in [0.5, 0.6) is 0 Å². The van der Waals surface area contributed by atoms with Gasteiger partial charge in [-0.15, -0.1) is 0 Å². The van der Waals surface area contributed by atoms with Gasteiger partial charge in [0.2, 0.25) is 0 Å². The summed E-state index contributed by atoms with van der Waals surface area (Å²) in [6.07, 6.45) is 10.8. The number of fused-ring (bicyclic) bond motifs is 2. The van der Waals surface area contributed by atoms with E-state index in [1.54, 1.807) is 6.08 Å². The topological polar surface area (TPSA) is 34.1 Å². The standard InChI is InChI=1S/C17H16O2/c18-12-9-14-6-5-13-3-1-2-4-16(13)17(14)10-7-15(19)8-11-17/h1-7,10,12,14H,8-9,11H2/t14-,17-/m1/s1. The third-order valence-corrected chi connectivity index (χ3v) is 4.33. The van der Waals surface area contributed by atoms with E-state index in [9.17, 15) is 9.59 Å². The first kappa shape index (κ1) is 12.1. The molecule has 2 nitrogen and oxygen atoms in total. The molecule has 0 aliphatic heterocycles. The highest BCUT2D eigenvalue weighted by molar-refractivity contribution is 5.91. The molecule has 0 fully saturated rings. The second-order valence-corrected chi connectivity index (χ2v) is 5.30. The summed E-state index contributed by atoms with van der Waals surface area (Å²) in [5.41, 5.74) is 2.26. The highest BCUT2D eigenvalue weighted by Gasteiger charge is 2.41. The van der Waals surface area contributed by atoms with Crippen molar-refractivity contribution >= 4 is 18.1 Å². The Labute approximate surface area is 112 Å². The predicted octanol–water partition coefficient (Wildman–Crippen LogP) is 3.08. The van der Waals surface area contributed by atoms with Gasteiger partial charge in [-0.3, -0.25) is 4.79 Å². The van der Waals surface area contributed by atoms with Crippen molar-refractivity contribution in [3.05, 3.63) is 53.6 Å². The summed E-state index contributed by atoms with van der Waals surface area (Å²) in [6, 6.07) is 8.27. The van der Waals surface area contributed by atoms with Crippen LogP contribution in [0.25, 0.3) is 6.08 Å². The fourth-order valence-electron chi connectivity index (χ4n) is 3.32. The smallest absolute Gasteiger partial charge is 0.155 e. The van der Waals surface area contributed by atoms with Gasteiger partial charge >= 0.3 is 0 Å². The second-order valence-electron chi connectivity index (χ2n) is 5.30. The van der Waals surface area contributed by atoms with Gasteiger partial charge in [-0.1, -0.05) is 42.5 Å². The SMILES string of the molecule is O=CC[C@H]1C=Cc2ccccc2[C@@]12C=CC(=O)CC2. The lowest BCUT2D eigenvalue weighted by Crippen LogP contribution is -2.37. The minimum Gasteiger partial charge on any atom is -0.303 e. The molecule has 2 aliphatic carbocycles. The zero-order valence-electron chi connectivity index (χ0n) is 10.7. The van der Waals surface area contributed by atoms with Crippen LogP contribution in [0.15, 0.2) is 42.5 Å². The molecule has 0 bridgehead atoms. The van der Waals surface area contributed by atoms with E-state index < -0.39 is 0 Å². The summed E-state index contributed by atoms with van der Waals surface area (Å²) >= 11 is 0. The minimum atomic E-state index is -0.180. The molecule has 1 spiro atoms. The molecule has 96 valence electrons. The molecule has 19 heavy (non-hydrogen) atoms. The fourth-order valence-corrected chi connectivity index (χ4v) is 3.32. The largest absolute Gasteiger partial charge is 0.303 e. The van der Waals surface area contributed by atoms with Crippen molar-refractivity contribution < 1.29 is 9.59 Å². The van der Waals surface area contributed by atoms with Crippen LogP contribution in [0.2, 0.25) is 0 Å². The van der Waals surface area contributed by atoms with E-state index >= 15 is 0 Å². The molecule has 3 rings (SSSR count). The van der Waals surface area contributed by atoms with Gasteiger partial charge in [0.25, 0.3) is 0 Å². The first-order valence-corrected chi connectivity index (χ1v) is 6.70. The zero-order chi connectivity index (χ0) is 13.3. The van der Waals surface area contributed by atoms with Crippen LogP contribution in [0, 0.1) is 5.92 Å². The van der Waals surface area contributed by atoms with Gasteiger partial charge in [0.15, 0.2) is 5.78 Å². The van der Waals surface area contributed by atoms with E-state index in [-0.39, 0.29) is 17.1 Å². The van der Waals surface area contributed by atoms with Gasteiger partial charge in [0.05, 0.1) is 0 Å². The molecule has 2 aliphatic rings. The van der Waals surface area contributed by atoms with Crippen molar-refractivity contribution in [2.45, 2.75) is 24.7 Å². The molecule has 0 radical (unpaired) electrons. The summed E-state index contributed by atoms with van der Waals surface area (Å²) in [4.78, 5) is 22.4. The molecule has 1 aromatic rings. The summed E-state index contributed by atoms with van der Waals surface area (Å²) in [7, 11) is 0. The van der Waals surface area contributed by atoms with Gasteiger partial charge < -0.3 is 4.79 Å². The number of benzene rings is 1. The van der Waals surface area contributed by atoms with Crippen LogP contribution in [0.1, 0.15) is 30.4 Å². The van der Waals surface area contributed by atoms with E-state index in [0.29, 0.717) is 12.8 Å². The monoisotopic (exact) mass is 252 g/mol. The molecule has 0 aromatic heterocycles. The average molecular weight is 252 g/mol. The summed E-state index contributed by atoms with van der Waals surface area (Å²) in [6.45, 7) is 0. The van der Waals surface area contributed by atoms with Crippen LogP contribution in [-0.2, 0) is 15.0 Å². The minimum absolute atomic E-state index is 0.157. The summed E-state index contributed by atoms with van der Waals surface area (Å²) in [5.74, 6) is 0.340. The normalized spacial score (nSPS) is 28.4. The highest BCUT2D eigenvalue weighted by atomic mass is 16.1. The van der Waals surface area contributed by atoms with Crippen molar-refractivity contribution in [2.24, 2.45) is 5.92 Å². The average Bonchev–Trinajstić information content (AvgIpc) is 2.45. The van der Waals surface area contributed by atoms with Gasteiger partial charge in [0.1, 0.15) is 6.29 Å². The Hall–Kier alpha value is -1.96. The van der Waals surface area contributed by atoms with Crippen LogP contribution >= 0.6 is 0 Å². The van der Waals surface area contributed by atoms with Crippen molar-refractivity contribution in [1.29, 1.82) is 0 Å². The quantitative estimate of drug-likeness (QED) is 0.758. The molecular weight excluding hydrogens is 236 g/mol. The predicted molar refractivity (Wildman–Crippen MR) is 74.7 cm³/mol. The number of aldehydes is 1. The number of allylic oxidation sites excluding steroid dienone is 3. The van der Waals surface area contributed by atoms with Crippen molar-refractivity contribution in [3.63, 3.8) is 0 Å². The lowest BCUT2D eigenvalue weighted by molar-refractivity contribution is -0.115. The number of carbonyl (C=O) groups excluding carboxylic acids is 2. The first-order valence-electron chi connectivity index (χ1n) is 6.70. The number of hydrogen-bond donors (Lipinski definition) is 0. The van der Waals surface area contributed by atoms with E-state index in [0.717, 1.165) is 12.7 Å². The highest BCUT2D eigenvalue weighted by Crippen LogP contribution is 2.47. The van der Waals surface area contributed by atoms with Gasteiger partial charge in [0, 0.05) is 18.3 Å². The summed E-state index contributed by atoms with van der Waals surface area (Å²) < 4.78 is 0. The van der Waals surface area contributed by atoms with Crippen LogP contribution in [0.3, 0.4) is 0 Å². The van der Waals surface area contributed by atoms with Gasteiger partial charge in [-0.2, -0.15) is 0 Å². The Morgan fingerprint density at radius 1 is 1.26 bits per heavy atom. The third kappa shape index (κ3) is 1.88. The molecular formula is C17H16O2. The maximum atomic E-state index is 11.5. The van der Waals surface area contributed by atoms with Crippen molar-refractivity contribution in [1.82, 2.24) is 0 Å². The maximum absolute atomic E-state index is 11.5. The Bertz CT molecular complexity index is 583. The van der Waals surface area contributed by atoms with Gasteiger partial charge in [-0.05, 0) is 29.5 Å². The summed E-state index contributed by atoms with van der Waals surface area (Å²) in [5, 5.41) is 0. The third-order valence-electron chi connectivity index (χ3n) is 4.33. The van der Waals surface area contributed by atoms with Crippen LogP contribution < -0.4 is 0 Å². The number of ketones is 1. The molecule has 1 aromatic carbocycles. The molecule has 2 atom stereocenters. The number of hydrogen-bond acceptors (Lipinski definition) is 2. The lowest BCUT2D eigenvalue weighted by atomic mass is 9.61. The van der Waals surface area contributed by atoms with E-state index in [4.69, 9.17) is 0 Å². The molecule has 2 heteroatoms. The second kappa shape index (κ2) is 4.61. The zero-order valence-corrected chi connectivity index (χ0v) is 10.7. The van der Waals surface area contributed by atoms with E-state index in [1.165, 1.54) is 11.1 Å². The molecule has 0 saturated carbocycles. The Balaban J connectivity index is 2.15. The van der Waals surface area contributed by atoms with Crippen LogP contribution in [-0.4, -0.2) is 12.1 Å². The Kier molecular flexibility index (Phi) is 2.94. The molecule has 0 unspecified atom stereocenters. The lowest BCUT2D eigenvalue weighted by Gasteiger charge is -2.42. The van der Waals surface area contributed by atoms with Gasteiger partial charge in [-0.25, -0.2) is 0 Å². The molecule has 0 saturated heterocycles. The Morgan fingerprint density at radius 3 is 2.84 bits per heavy atom. The molecule has 0 N–H and O–H groups in total.